The van der Waals surface area contributed by atoms with E-state index in [4.69, 9.17) is 14.4 Å². The summed E-state index contributed by atoms with van der Waals surface area (Å²) in [5.41, 5.74) is 4.94. The van der Waals surface area contributed by atoms with Gasteiger partial charge in [-0.3, -0.25) is 9.20 Å². The van der Waals surface area contributed by atoms with Crippen LogP contribution in [0.5, 0.6) is 0 Å². The number of pyridine rings is 2. The van der Waals surface area contributed by atoms with Gasteiger partial charge in [0.25, 0.3) is 5.91 Å². The van der Waals surface area contributed by atoms with Crippen molar-refractivity contribution in [2.75, 3.05) is 0 Å². The number of hydrogen-bond donors (Lipinski definition) is 1. The van der Waals surface area contributed by atoms with E-state index in [9.17, 15) is 4.79 Å². The van der Waals surface area contributed by atoms with Crippen molar-refractivity contribution in [3.63, 3.8) is 0 Å². The molecule has 0 aliphatic carbocycles. The summed E-state index contributed by atoms with van der Waals surface area (Å²) in [6.07, 6.45) is 7.55. The number of hydrogen-bond acceptors (Lipinski definition) is 6. The van der Waals surface area contributed by atoms with E-state index >= 15 is 0 Å². The van der Waals surface area contributed by atoms with Gasteiger partial charge in [0.15, 0.2) is 12.4 Å². The number of fused-ring (bicyclic) bond motifs is 1. The van der Waals surface area contributed by atoms with Crippen LogP contribution in [0.2, 0.25) is 0 Å². The van der Waals surface area contributed by atoms with Crippen LogP contribution in [0.1, 0.15) is 27.4 Å². The van der Waals surface area contributed by atoms with Crippen molar-refractivity contribution < 1.29 is 23.8 Å². The summed E-state index contributed by atoms with van der Waals surface area (Å²) < 4.78 is 9.14. The second kappa shape index (κ2) is 8.99. The largest absolute Gasteiger partial charge is 0.554 e. The molecule has 0 aliphatic heterocycles. The van der Waals surface area contributed by atoms with E-state index in [0.29, 0.717) is 17.8 Å². The van der Waals surface area contributed by atoms with Gasteiger partial charge in [-0.15, -0.1) is 0 Å². The molecule has 9 heteroatoms. The number of amides is 1. The lowest BCUT2D eigenvalue weighted by molar-refractivity contribution is -0.671. The maximum Gasteiger partial charge on any atom is 0.251 e. The lowest BCUT2D eigenvalue weighted by Gasteiger charge is -2.06. The van der Waals surface area contributed by atoms with E-state index in [1.165, 1.54) is 0 Å². The monoisotopic (exact) mass is 407 g/mol. The summed E-state index contributed by atoms with van der Waals surface area (Å²) in [6, 6.07) is 7.50. The lowest BCUT2D eigenvalue weighted by atomic mass is 10.1. The molecule has 0 radical (unpaired) electrons. The average molecular weight is 407 g/mol. The van der Waals surface area contributed by atoms with Gasteiger partial charge in [0, 0.05) is 36.4 Å². The van der Waals surface area contributed by atoms with Crippen LogP contribution in [0, 0.1) is 13.8 Å². The number of aromatic nitrogens is 4. The van der Waals surface area contributed by atoms with Crippen LogP contribution in [-0.4, -0.2) is 26.9 Å². The van der Waals surface area contributed by atoms with Crippen molar-refractivity contribution in [2.24, 2.45) is 7.05 Å². The zero-order chi connectivity index (χ0) is 21.7. The Morgan fingerprint density at radius 1 is 1.37 bits per heavy atom. The highest BCUT2D eigenvalue weighted by Crippen LogP contribution is 2.27. The quantitative estimate of drug-likeness (QED) is 0.394. The molecule has 0 saturated heterocycles. The van der Waals surface area contributed by atoms with Crippen LogP contribution in [0.4, 0.5) is 0 Å². The first kappa shape index (κ1) is 20.7. The van der Waals surface area contributed by atoms with Crippen LogP contribution in [0.25, 0.3) is 16.9 Å². The standard InChI is InChI=1S/C20H19N5O2.CH2O2/c1-13-19(14(2)27-23-13)17-11-21-18-9-16(6-8-25(17)18)20(26)22-10-15-5-4-7-24(3)12-15;2-1-3/h4-9,11-12H,10H2,1-3H3;1H,(H,2,3). The van der Waals surface area contributed by atoms with Gasteiger partial charge < -0.3 is 19.7 Å². The molecule has 154 valence electrons. The van der Waals surface area contributed by atoms with Gasteiger partial charge in [-0.2, -0.15) is 0 Å². The minimum atomic E-state index is -0.500. The molecule has 0 aliphatic rings. The Bertz CT molecular complexity index is 1180. The Hall–Kier alpha value is -4.01. The average Bonchev–Trinajstić information content (AvgIpc) is 3.28. The molecule has 4 aromatic rings. The van der Waals surface area contributed by atoms with Crippen molar-refractivity contribution in [1.29, 1.82) is 0 Å². The molecule has 0 aromatic carbocycles. The third-order valence-corrected chi connectivity index (χ3v) is 4.52. The van der Waals surface area contributed by atoms with Crippen molar-refractivity contribution in [3.05, 3.63) is 71.6 Å². The molecule has 1 N–H and O–H groups in total. The van der Waals surface area contributed by atoms with Gasteiger partial charge >= 0.3 is 0 Å². The van der Waals surface area contributed by atoms with E-state index in [1.807, 2.05) is 60.6 Å². The van der Waals surface area contributed by atoms with Gasteiger partial charge in [-0.25, -0.2) is 9.55 Å². The Kier molecular flexibility index (Phi) is 6.21. The summed E-state index contributed by atoms with van der Waals surface area (Å²) in [5, 5.41) is 15.2. The molecule has 0 fully saturated rings. The summed E-state index contributed by atoms with van der Waals surface area (Å²) >= 11 is 0. The van der Waals surface area contributed by atoms with Crippen LogP contribution < -0.4 is 15.0 Å². The first-order chi connectivity index (χ1) is 14.4. The van der Waals surface area contributed by atoms with Crippen LogP contribution in [0.3, 0.4) is 0 Å². The molecule has 0 spiro atoms. The molecular formula is C21H21N5O4. The number of carbonyl (C=O) groups excluding carboxylic acids is 2. The van der Waals surface area contributed by atoms with Crippen molar-refractivity contribution >= 4 is 18.0 Å². The third kappa shape index (κ3) is 4.35. The highest BCUT2D eigenvalue weighted by atomic mass is 16.5. The molecular weight excluding hydrogens is 386 g/mol. The Labute approximate surface area is 172 Å². The van der Waals surface area contributed by atoms with Gasteiger partial charge in [0.1, 0.15) is 18.5 Å². The number of nitrogens with one attached hydrogen (secondary N) is 1. The molecule has 4 heterocycles. The maximum absolute atomic E-state index is 12.5. The molecule has 4 aromatic heterocycles. The molecule has 0 unspecified atom stereocenters. The number of carbonyl (C=O) groups is 2. The fourth-order valence-corrected chi connectivity index (χ4v) is 3.19. The second-order valence-corrected chi connectivity index (χ2v) is 6.64. The molecule has 30 heavy (non-hydrogen) atoms. The number of aryl methyl sites for hydroxylation is 3. The van der Waals surface area contributed by atoms with E-state index < -0.39 is 6.47 Å². The summed E-state index contributed by atoms with van der Waals surface area (Å²) in [6.45, 7) is 3.74. The number of carboxylic acid groups (broad SMARTS) is 1. The van der Waals surface area contributed by atoms with Crippen LogP contribution in [0.15, 0.2) is 53.6 Å². The Morgan fingerprint density at radius 2 is 2.13 bits per heavy atom. The minimum absolute atomic E-state index is 0.133. The fourth-order valence-electron chi connectivity index (χ4n) is 3.19. The topological polar surface area (TPSA) is 116 Å². The zero-order valence-corrected chi connectivity index (χ0v) is 16.8. The molecule has 4 rings (SSSR count). The van der Waals surface area contributed by atoms with Gasteiger partial charge in [0.05, 0.1) is 23.1 Å². The highest BCUT2D eigenvalue weighted by molar-refractivity contribution is 5.95. The van der Waals surface area contributed by atoms with Gasteiger partial charge in [0.2, 0.25) is 0 Å². The van der Waals surface area contributed by atoms with Crippen molar-refractivity contribution in [3.8, 4) is 11.3 Å². The molecule has 0 saturated carbocycles. The smallest absolute Gasteiger partial charge is 0.251 e. The van der Waals surface area contributed by atoms with Crippen LogP contribution >= 0.6 is 0 Å². The zero-order valence-electron chi connectivity index (χ0n) is 16.8. The third-order valence-electron chi connectivity index (χ3n) is 4.52. The number of nitrogens with zero attached hydrogens (tertiary/aromatic N) is 4. The van der Waals surface area contributed by atoms with E-state index in [2.05, 4.69) is 15.5 Å². The van der Waals surface area contributed by atoms with E-state index in [0.717, 1.165) is 28.3 Å². The second-order valence-electron chi connectivity index (χ2n) is 6.64. The highest BCUT2D eigenvalue weighted by Gasteiger charge is 2.16. The molecule has 0 atom stereocenters. The number of rotatable bonds is 4. The predicted octanol–water partition coefficient (Wildman–Crippen LogP) is 0.727. The Balaban J connectivity index is 0.000000806. The van der Waals surface area contributed by atoms with Gasteiger partial charge in [-0.05, 0) is 32.0 Å². The summed E-state index contributed by atoms with van der Waals surface area (Å²) in [7, 11) is 1.95. The van der Waals surface area contributed by atoms with E-state index in [-0.39, 0.29) is 5.91 Å². The maximum atomic E-state index is 12.5. The van der Waals surface area contributed by atoms with Gasteiger partial charge in [-0.1, -0.05) is 5.16 Å². The van der Waals surface area contributed by atoms with Crippen molar-refractivity contribution in [1.82, 2.24) is 19.9 Å². The summed E-state index contributed by atoms with van der Waals surface area (Å²) in [5.74, 6) is 0.609. The lowest BCUT2D eigenvalue weighted by Crippen LogP contribution is -2.29. The molecule has 0 bridgehead atoms. The summed E-state index contributed by atoms with van der Waals surface area (Å²) in [4.78, 5) is 25.2. The molecule has 1 amide bonds. The predicted molar refractivity (Wildman–Crippen MR) is 105 cm³/mol. The first-order valence-electron chi connectivity index (χ1n) is 9.13. The van der Waals surface area contributed by atoms with Crippen LogP contribution in [-0.2, 0) is 18.4 Å². The number of imidazole rings is 1. The van der Waals surface area contributed by atoms with Crippen molar-refractivity contribution in [2.45, 2.75) is 20.4 Å². The first-order valence-corrected chi connectivity index (χ1v) is 9.13. The molecule has 9 nitrogen and oxygen atoms in total. The fraction of sp³-hybridized carbons (Fsp3) is 0.190. The van der Waals surface area contributed by atoms with E-state index in [1.54, 1.807) is 18.3 Å². The normalized spacial score (nSPS) is 10.4. The SMILES string of the molecule is Cc1noc(C)c1-c1cnc2cc(C(=O)NCc3ccc[n+](C)c3)ccn12.O=C[O-]. The minimum Gasteiger partial charge on any atom is -0.554 e. The Morgan fingerprint density at radius 3 is 2.80 bits per heavy atom.